The Bertz CT molecular complexity index is 1020. The molecule has 0 saturated carbocycles. The lowest BCUT2D eigenvalue weighted by atomic mass is 10.1. The Morgan fingerprint density at radius 1 is 1.04 bits per heavy atom. The van der Waals surface area contributed by atoms with E-state index in [2.05, 4.69) is 15.3 Å². The maximum absolute atomic E-state index is 12.7. The van der Waals surface area contributed by atoms with Gasteiger partial charge >= 0.3 is 11.9 Å². The van der Waals surface area contributed by atoms with Crippen LogP contribution in [0, 0.1) is 0 Å². The van der Waals surface area contributed by atoms with Gasteiger partial charge in [0.05, 0.1) is 16.6 Å². The number of halogens is 3. The SMILES string of the molecule is O=C(/C=C/c1cccc(C(F)(F)F)c1)Nc1ccc2[nH]c(=O)[nH]c2c1. The highest BCUT2D eigenvalue weighted by molar-refractivity contribution is 6.02. The summed E-state index contributed by atoms with van der Waals surface area (Å²) in [5, 5.41) is 2.57. The number of carbonyl (C=O) groups excluding carboxylic acids is 1. The molecule has 0 unspecified atom stereocenters. The van der Waals surface area contributed by atoms with Crippen LogP contribution in [0.4, 0.5) is 18.9 Å². The fraction of sp³-hybridized carbons (Fsp3) is 0.0588. The molecule has 3 N–H and O–H groups in total. The van der Waals surface area contributed by atoms with E-state index < -0.39 is 17.6 Å². The Kier molecular flexibility index (Phi) is 4.18. The highest BCUT2D eigenvalue weighted by Gasteiger charge is 2.30. The minimum Gasteiger partial charge on any atom is -0.322 e. The highest BCUT2D eigenvalue weighted by Crippen LogP contribution is 2.29. The molecular formula is C17H12F3N3O2. The van der Waals surface area contributed by atoms with Gasteiger partial charge in [0, 0.05) is 11.8 Å². The second kappa shape index (κ2) is 6.31. The summed E-state index contributed by atoms with van der Waals surface area (Å²) in [4.78, 5) is 28.2. The number of hydrogen-bond donors (Lipinski definition) is 3. The van der Waals surface area contributed by atoms with Gasteiger partial charge in [-0.05, 0) is 42.0 Å². The topological polar surface area (TPSA) is 77.8 Å². The second-order valence-corrected chi connectivity index (χ2v) is 5.29. The fourth-order valence-corrected chi connectivity index (χ4v) is 2.28. The van der Waals surface area contributed by atoms with Crippen LogP contribution in [0.2, 0.25) is 0 Å². The average Bonchev–Trinajstić information content (AvgIpc) is 2.92. The van der Waals surface area contributed by atoms with Gasteiger partial charge < -0.3 is 15.3 Å². The van der Waals surface area contributed by atoms with Crippen LogP contribution in [0.5, 0.6) is 0 Å². The Morgan fingerprint density at radius 2 is 1.80 bits per heavy atom. The van der Waals surface area contributed by atoms with Crippen molar-refractivity contribution in [1.29, 1.82) is 0 Å². The molecule has 0 aliphatic rings. The summed E-state index contributed by atoms with van der Waals surface area (Å²) in [7, 11) is 0. The van der Waals surface area contributed by atoms with E-state index in [9.17, 15) is 22.8 Å². The van der Waals surface area contributed by atoms with Gasteiger partial charge in [-0.15, -0.1) is 0 Å². The molecule has 0 saturated heterocycles. The molecule has 25 heavy (non-hydrogen) atoms. The third kappa shape index (κ3) is 3.97. The van der Waals surface area contributed by atoms with Crippen LogP contribution in [0.25, 0.3) is 17.1 Å². The summed E-state index contributed by atoms with van der Waals surface area (Å²) in [5.41, 5.74) is 0.698. The first-order valence-corrected chi connectivity index (χ1v) is 7.20. The summed E-state index contributed by atoms with van der Waals surface area (Å²) < 4.78 is 38.0. The van der Waals surface area contributed by atoms with Crippen LogP contribution in [0.3, 0.4) is 0 Å². The van der Waals surface area contributed by atoms with Crippen molar-refractivity contribution >= 4 is 28.7 Å². The zero-order chi connectivity index (χ0) is 18.0. The van der Waals surface area contributed by atoms with Crippen LogP contribution in [0.15, 0.2) is 53.3 Å². The maximum Gasteiger partial charge on any atom is 0.416 e. The molecule has 3 rings (SSSR count). The fourth-order valence-electron chi connectivity index (χ4n) is 2.28. The van der Waals surface area contributed by atoms with E-state index in [1.165, 1.54) is 18.2 Å². The quantitative estimate of drug-likeness (QED) is 0.634. The van der Waals surface area contributed by atoms with Gasteiger partial charge in [-0.3, -0.25) is 4.79 Å². The molecule has 0 atom stereocenters. The molecule has 0 radical (unpaired) electrons. The van der Waals surface area contributed by atoms with E-state index in [1.54, 1.807) is 18.2 Å². The minimum atomic E-state index is -4.44. The van der Waals surface area contributed by atoms with Gasteiger partial charge in [-0.25, -0.2) is 4.79 Å². The lowest BCUT2D eigenvalue weighted by molar-refractivity contribution is -0.137. The number of rotatable bonds is 3. The van der Waals surface area contributed by atoms with E-state index in [4.69, 9.17) is 0 Å². The van der Waals surface area contributed by atoms with Crippen molar-refractivity contribution in [2.75, 3.05) is 5.32 Å². The van der Waals surface area contributed by atoms with Gasteiger partial charge in [-0.1, -0.05) is 12.1 Å². The Morgan fingerprint density at radius 3 is 2.56 bits per heavy atom. The van der Waals surface area contributed by atoms with Crippen LogP contribution >= 0.6 is 0 Å². The van der Waals surface area contributed by atoms with Crippen molar-refractivity contribution in [2.45, 2.75) is 6.18 Å². The number of carbonyl (C=O) groups is 1. The molecule has 1 heterocycles. The summed E-state index contributed by atoms with van der Waals surface area (Å²) >= 11 is 0. The van der Waals surface area contributed by atoms with Crippen molar-refractivity contribution < 1.29 is 18.0 Å². The molecule has 8 heteroatoms. The summed E-state index contributed by atoms with van der Waals surface area (Å²) in [5.74, 6) is -0.505. The molecule has 3 aromatic rings. The zero-order valence-corrected chi connectivity index (χ0v) is 12.6. The van der Waals surface area contributed by atoms with Gasteiger partial charge in [-0.2, -0.15) is 13.2 Å². The number of benzene rings is 2. The van der Waals surface area contributed by atoms with Gasteiger partial charge in [0.2, 0.25) is 5.91 Å². The first kappa shape index (κ1) is 16.6. The molecule has 5 nitrogen and oxygen atoms in total. The Hall–Kier alpha value is -3.29. The van der Waals surface area contributed by atoms with Crippen molar-refractivity contribution in [1.82, 2.24) is 9.97 Å². The van der Waals surface area contributed by atoms with E-state index in [0.717, 1.165) is 18.2 Å². The molecular weight excluding hydrogens is 335 g/mol. The smallest absolute Gasteiger partial charge is 0.322 e. The van der Waals surface area contributed by atoms with E-state index in [1.807, 2.05) is 0 Å². The number of fused-ring (bicyclic) bond motifs is 1. The molecule has 0 bridgehead atoms. The number of hydrogen-bond acceptors (Lipinski definition) is 2. The Balaban J connectivity index is 1.73. The highest BCUT2D eigenvalue weighted by atomic mass is 19.4. The van der Waals surface area contributed by atoms with E-state index in [-0.39, 0.29) is 11.3 Å². The molecule has 0 spiro atoms. The second-order valence-electron chi connectivity index (χ2n) is 5.29. The van der Waals surface area contributed by atoms with Crippen molar-refractivity contribution in [3.8, 4) is 0 Å². The van der Waals surface area contributed by atoms with Crippen molar-refractivity contribution in [3.05, 3.63) is 70.2 Å². The predicted octanol–water partition coefficient (Wildman–Crippen LogP) is 3.53. The normalized spacial score (nSPS) is 12.0. The lowest BCUT2D eigenvalue weighted by Gasteiger charge is -2.06. The number of amides is 1. The number of imidazole rings is 1. The third-order valence-electron chi connectivity index (χ3n) is 3.42. The van der Waals surface area contributed by atoms with E-state index >= 15 is 0 Å². The first-order valence-electron chi connectivity index (χ1n) is 7.20. The maximum atomic E-state index is 12.7. The molecule has 0 aliphatic carbocycles. The third-order valence-corrected chi connectivity index (χ3v) is 3.42. The van der Waals surface area contributed by atoms with Gasteiger partial charge in [0.25, 0.3) is 0 Å². The number of anilines is 1. The van der Waals surface area contributed by atoms with Gasteiger partial charge in [0.15, 0.2) is 0 Å². The average molecular weight is 347 g/mol. The summed E-state index contributed by atoms with van der Waals surface area (Å²) in [6, 6.07) is 9.46. The standard InChI is InChI=1S/C17H12F3N3O2/c18-17(19,20)11-3-1-2-10(8-11)4-7-15(24)21-12-5-6-13-14(9-12)23-16(25)22-13/h1-9H,(H,21,24)(H2,22,23,25)/b7-4+. The van der Waals surface area contributed by atoms with Crippen LogP contribution in [0.1, 0.15) is 11.1 Å². The van der Waals surface area contributed by atoms with Crippen molar-refractivity contribution in [2.24, 2.45) is 0 Å². The molecule has 0 fully saturated rings. The summed E-state index contributed by atoms with van der Waals surface area (Å²) in [6.45, 7) is 0. The molecule has 128 valence electrons. The molecule has 1 aromatic heterocycles. The molecule has 1 amide bonds. The number of nitrogens with one attached hydrogen (secondary N) is 3. The number of aromatic nitrogens is 2. The number of aromatic amines is 2. The van der Waals surface area contributed by atoms with Crippen LogP contribution in [-0.4, -0.2) is 15.9 Å². The van der Waals surface area contributed by atoms with Crippen LogP contribution in [-0.2, 0) is 11.0 Å². The van der Waals surface area contributed by atoms with E-state index in [0.29, 0.717) is 16.7 Å². The molecule has 0 aliphatic heterocycles. The van der Waals surface area contributed by atoms with Crippen molar-refractivity contribution in [3.63, 3.8) is 0 Å². The molecule has 2 aromatic carbocycles. The van der Waals surface area contributed by atoms with Crippen LogP contribution < -0.4 is 11.0 Å². The minimum absolute atomic E-state index is 0.260. The zero-order valence-electron chi connectivity index (χ0n) is 12.6. The number of alkyl halides is 3. The largest absolute Gasteiger partial charge is 0.416 e. The predicted molar refractivity (Wildman–Crippen MR) is 88.0 cm³/mol. The van der Waals surface area contributed by atoms with Gasteiger partial charge in [0.1, 0.15) is 0 Å². The summed E-state index contributed by atoms with van der Waals surface area (Å²) in [6.07, 6.45) is -2.00. The Labute approximate surface area is 139 Å². The monoisotopic (exact) mass is 347 g/mol. The number of H-pyrrole nitrogens is 2. The first-order chi connectivity index (χ1) is 11.8. The lowest BCUT2D eigenvalue weighted by Crippen LogP contribution is -2.07.